The maximum absolute atomic E-state index is 12.7. The van der Waals surface area contributed by atoms with Crippen molar-refractivity contribution in [2.24, 2.45) is 0 Å². The summed E-state index contributed by atoms with van der Waals surface area (Å²) in [5, 5.41) is 12.9. The summed E-state index contributed by atoms with van der Waals surface area (Å²) < 4.78 is 44.6. The van der Waals surface area contributed by atoms with Crippen LogP contribution in [-0.2, 0) is 28.9 Å². The van der Waals surface area contributed by atoms with Crippen molar-refractivity contribution in [2.75, 3.05) is 0 Å². The standard InChI is InChI=1S/C23H20F3N3O4/c1-15(22(31)32)33-13-17-6-4-16(5-7-17)3-2-12-29-14-27-21(28-29)20(30)18-8-10-19(11-9-18)23(24,25)26/h2-11,14-15H,12-13H2,1H3,(H,31,32)/t15-/m1/s1. The predicted octanol–water partition coefficient (Wildman–Crippen LogP) is 4.23. The number of carboxylic acids is 1. The Labute approximate surface area is 187 Å². The van der Waals surface area contributed by atoms with Gasteiger partial charge in [0.2, 0.25) is 11.6 Å². The van der Waals surface area contributed by atoms with Crippen LogP contribution in [0.5, 0.6) is 0 Å². The zero-order chi connectivity index (χ0) is 24.0. The summed E-state index contributed by atoms with van der Waals surface area (Å²) in [4.78, 5) is 27.1. The molecule has 172 valence electrons. The van der Waals surface area contributed by atoms with Crippen LogP contribution in [0.2, 0.25) is 0 Å². The highest BCUT2D eigenvalue weighted by Gasteiger charge is 2.30. The predicted molar refractivity (Wildman–Crippen MR) is 112 cm³/mol. The van der Waals surface area contributed by atoms with Crippen molar-refractivity contribution in [3.05, 3.63) is 89.0 Å². The first-order valence-electron chi connectivity index (χ1n) is 9.85. The number of hydrogen-bond acceptors (Lipinski definition) is 5. The molecule has 1 N–H and O–H groups in total. The molecule has 0 fully saturated rings. The van der Waals surface area contributed by atoms with Crippen molar-refractivity contribution in [2.45, 2.75) is 32.4 Å². The van der Waals surface area contributed by atoms with Gasteiger partial charge >= 0.3 is 12.1 Å². The van der Waals surface area contributed by atoms with Crippen LogP contribution >= 0.6 is 0 Å². The first-order chi connectivity index (χ1) is 15.6. The topological polar surface area (TPSA) is 94.3 Å². The molecule has 33 heavy (non-hydrogen) atoms. The normalized spacial score (nSPS) is 12.7. The molecule has 0 radical (unpaired) electrons. The molecule has 0 amide bonds. The monoisotopic (exact) mass is 459 g/mol. The molecule has 3 aromatic rings. The molecule has 7 nitrogen and oxygen atoms in total. The number of halogens is 3. The summed E-state index contributed by atoms with van der Waals surface area (Å²) in [5.74, 6) is -1.70. The smallest absolute Gasteiger partial charge is 0.416 e. The van der Waals surface area contributed by atoms with E-state index >= 15 is 0 Å². The van der Waals surface area contributed by atoms with Crippen molar-refractivity contribution in [3.63, 3.8) is 0 Å². The second-order valence-electron chi connectivity index (χ2n) is 7.13. The molecule has 0 saturated carbocycles. The maximum Gasteiger partial charge on any atom is 0.416 e. The maximum atomic E-state index is 12.7. The fourth-order valence-corrected chi connectivity index (χ4v) is 2.74. The Morgan fingerprint density at radius 1 is 1.12 bits per heavy atom. The molecule has 0 aliphatic carbocycles. The average Bonchev–Trinajstić information content (AvgIpc) is 3.26. The van der Waals surface area contributed by atoms with Crippen molar-refractivity contribution < 1.29 is 32.6 Å². The minimum Gasteiger partial charge on any atom is -0.479 e. The van der Waals surface area contributed by atoms with E-state index in [9.17, 15) is 22.8 Å². The number of carbonyl (C=O) groups is 2. The fraction of sp³-hybridized carbons (Fsp3) is 0.217. The van der Waals surface area contributed by atoms with Crippen molar-refractivity contribution in [1.29, 1.82) is 0 Å². The number of carboxylic acid groups (broad SMARTS) is 1. The molecule has 1 aromatic heterocycles. The van der Waals surface area contributed by atoms with E-state index in [1.165, 1.54) is 17.9 Å². The lowest BCUT2D eigenvalue weighted by atomic mass is 10.1. The van der Waals surface area contributed by atoms with Gasteiger partial charge in [-0.25, -0.2) is 14.5 Å². The van der Waals surface area contributed by atoms with E-state index in [-0.39, 0.29) is 18.0 Å². The largest absolute Gasteiger partial charge is 0.479 e. The summed E-state index contributed by atoms with van der Waals surface area (Å²) in [6.45, 7) is 1.98. The SMILES string of the molecule is C[C@@H](OCc1ccc(C=CCn2cnc(C(=O)c3ccc(C(F)(F)F)cc3)n2)cc1)C(=O)O. The first-order valence-corrected chi connectivity index (χ1v) is 9.85. The molecule has 10 heteroatoms. The zero-order valence-electron chi connectivity index (χ0n) is 17.5. The van der Waals surface area contributed by atoms with Gasteiger partial charge in [0.25, 0.3) is 0 Å². The number of aromatic nitrogens is 3. The lowest BCUT2D eigenvalue weighted by molar-refractivity contribution is -0.149. The molecule has 1 heterocycles. The Bertz CT molecular complexity index is 1140. The van der Waals surface area contributed by atoms with Crippen LogP contribution < -0.4 is 0 Å². The molecule has 1 atom stereocenters. The van der Waals surface area contributed by atoms with Gasteiger partial charge < -0.3 is 9.84 Å². The molecule has 0 saturated heterocycles. The van der Waals surface area contributed by atoms with Gasteiger partial charge in [0, 0.05) is 5.56 Å². The number of ketones is 1. The van der Waals surface area contributed by atoms with Crippen LogP contribution in [0.1, 0.15) is 39.8 Å². The molecule has 2 aromatic carbocycles. The summed E-state index contributed by atoms with van der Waals surface area (Å²) in [6, 6.07) is 11.2. The summed E-state index contributed by atoms with van der Waals surface area (Å²) in [6.07, 6.45) is -0.349. The highest BCUT2D eigenvalue weighted by Crippen LogP contribution is 2.29. The molecule has 0 aliphatic rings. The second-order valence-corrected chi connectivity index (χ2v) is 7.13. The third-order valence-corrected chi connectivity index (χ3v) is 4.64. The fourth-order valence-electron chi connectivity index (χ4n) is 2.74. The Hall–Kier alpha value is -3.79. The molecule has 3 rings (SSSR count). The van der Waals surface area contributed by atoms with Crippen LogP contribution in [0.4, 0.5) is 13.2 Å². The van der Waals surface area contributed by atoms with Gasteiger partial charge in [-0.05, 0) is 30.2 Å². The van der Waals surface area contributed by atoms with Crippen molar-refractivity contribution >= 4 is 17.8 Å². The van der Waals surface area contributed by atoms with E-state index < -0.39 is 29.6 Å². The third kappa shape index (κ3) is 6.59. The Morgan fingerprint density at radius 3 is 2.39 bits per heavy atom. The van der Waals surface area contributed by atoms with Gasteiger partial charge in [-0.3, -0.25) is 4.79 Å². The van der Waals surface area contributed by atoms with Gasteiger partial charge in [-0.2, -0.15) is 13.2 Å². The van der Waals surface area contributed by atoms with Crippen molar-refractivity contribution in [3.8, 4) is 0 Å². The first kappa shape index (κ1) is 23.9. The lowest BCUT2D eigenvalue weighted by Crippen LogP contribution is -2.19. The van der Waals surface area contributed by atoms with Crippen molar-refractivity contribution in [1.82, 2.24) is 14.8 Å². The Kier molecular flexibility index (Phi) is 7.39. The summed E-state index contributed by atoms with van der Waals surface area (Å²) in [7, 11) is 0. The van der Waals surface area contributed by atoms with Crippen LogP contribution in [0.3, 0.4) is 0 Å². The number of ether oxygens (including phenoxy) is 1. The molecular formula is C23H20F3N3O4. The van der Waals surface area contributed by atoms with Crippen LogP contribution in [-0.4, -0.2) is 37.7 Å². The molecular weight excluding hydrogens is 439 g/mol. The van der Waals surface area contributed by atoms with Crippen LogP contribution in [0.25, 0.3) is 6.08 Å². The lowest BCUT2D eigenvalue weighted by Gasteiger charge is -2.08. The van der Waals surface area contributed by atoms with E-state index in [4.69, 9.17) is 9.84 Å². The van der Waals surface area contributed by atoms with Crippen LogP contribution in [0, 0.1) is 0 Å². The highest BCUT2D eigenvalue weighted by atomic mass is 19.4. The third-order valence-electron chi connectivity index (χ3n) is 4.64. The van der Waals surface area contributed by atoms with Gasteiger partial charge in [0.15, 0.2) is 6.10 Å². The highest BCUT2D eigenvalue weighted by molar-refractivity contribution is 6.06. The quantitative estimate of drug-likeness (QED) is 0.482. The van der Waals surface area contributed by atoms with E-state index in [2.05, 4.69) is 10.1 Å². The van der Waals surface area contributed by atoms with Crippen LogP contribution in [0.15, 0.2) is 60.9 Å². The molecule has 0 spiro atoms. The minimum atomic E-state index is -4.47. The number of alkyl halides is 3. The second kappa shape index (κ2) is 10.2. The van der Waals surface area contributed by atoms with E-state index in [0.29, 0.717) is 6.54 Å². The zero-order valence-corrected chi connectivity index (χ0v) is 17.5. The number of aliphatic carboxylic acids is 1. The Morgan fingerprint density at radius 2 is 1.79 bits per heavy atom. The van der Waals surface area contributed by atoms with E-state index in [0.717, 1.165) is 35.4 Å². The Balaban J connectivity index is 1.55. The number of carbonyl (C=O) groups excluding carboxylic acids is 1. The number of hydrogen-bond donors (Lipinski definition) is 1. The molecule has 0 unspecified atom stereocenters. The summed E-state index contributed by atoms with van der Waals surface area (Å²) in [5.41, 5.74) is 0.963. The van der Waals surface area contributed by atoms with E-state index in [1.54, 1.807) is 6.08 Å². The average molecular weight is 459 g/mol. The summed E-state index contributed by atoms with van der Waals surface area (Å²) >= 11 is 0. The van der Waals surface area contributed by atoms with Gasteiger partial charge in [-0.1, -0.05) is 48.6 Å². The number of rotatable bonds is 9. The number of nitrogens with zero attached hydrogens (tertiary/aromatic N) is 3. The molecule has 0 bridgehead atoms. The van der Waals surface area contributed by atoms with Gasteiger partial charge in [0.1, 0.15) is 6.33 Å². The van der Waals surface area contributed by atoms with Gasteiger partial charge in [-0.15, -0.1) is 5.10 Å². The van der Waals surface area contributed by atoms with E-state index in [1.807, 2.05) is 30.3 Å². The van der Waals surface area contributed by atoms with Gasteiger partial charge in [0.05, 0.1) is 18.7 Å². The number of allylic oxidation sites excluding steroid dienone is 1. The minimum absolute atomic E-state index is 0.0677. The molecule has 0 aliphatic heterocycles. The number of benzene rings is 2.